The van der Waals surface area contributed by atoms with Gasteiger partial charge in [0.2, 0.25) is 0 Å². The Morgan fingerprint density at radius 2 is 0.854 bits per heavy atom. The molecule has 0 fully saturated rings. The first-order chi connectivity index (χ1) is 20.3. The van der Waals surface area contributed by atoms with E-state index in [2.05, 4.69) is 181 Å². The van der Waals surface area contributed by atoms with Crippen LogP contribution in [0.15, 0.2) is 176 Å². The third-order valence-electron chi connectivity index (χ3n) is 7.67. The van der Waals surface area contributed by atoms with Crippen LogP contribution in [0, 0.1) is 0 Å². The minimum atomic E-state index is 1.13. The number of hydrogen-bond donors (Lipinski definition) is 0. The lowest BCUT2D eigenvalue weighted by Crippen LogP contribution is -2.10. The first-order valence-corrected chi connectivity index (χ1v) is 14.0. The highest BCUT2D eigenvalue weighted by atomic mass is 15.1. The Morgan fingerprint density at radius 3 is 1.56 bits per heavy atom. The van der Waals surface area contributed by atoms with Gasteiger partial charge in [-0.05, 0) is 75.2 Å². The summed E-state index contributed by atoms with van der Waals surface area (Å²) in [7, 11) is 0. The molecule has 0 N–H and O–H groups in total. The zero-order valence-corrected chi connectivity index (χ0v) is 22.7. The van der Waals surface area contributed by atoms with E-state index in [1.165, 1.54) is 49.8 Å². The number of benzene rings is 7. The summed E-state index contributed by atoms with van der Waals surface area (Å²) < 4.78 is 0. The maximum absolute atomic E-state index is 2.35. The molecule has 0 heterocycles. The standard InChI is InChI=1S/C40H29N/c1-4-13-31(14-5-1)37-28-25-34(29-39(37)33-15-6-2-7-16-33)30-23-26-36(27-24-30)41(35-19-8-3-9-20-35)40-22-12-18-32-17-10-11-21-38(32)40/h1-29H. The lowest BCUT2D eigenvalue weighted by atomic mass is 9.91. The van der Waals surface area contributed by atoms with Crippen molar-refractivity contribution >= 4 is 27.8 Å². The highest BCUT2D eigenvalue weighted by Gasteiger charge is 2.16. The van der Waals surface area contributed by atoms with E-state index in [1.807, 2.05) is 0 Å². The van der Waals surface area contributed by atoms with Gasteiger partial charge in [-0.15, -0.1) is 0 Å². The summed E-state index contributed by atoms with van der Waals surface area (Å²) in [6.45, 7) is 0. The van der Waals surface area contributed by atoms with Crippen molar-refractivity contribution < 1.29 is 0 Å². The third kappa shape index (κ3) is 4.90. The molecule has 0 saturated heterocycles. The van der Waals surface area contributed by atoms with Gasteiger partial charge in [-0.1, -0.05) is 140 Å². The van der Waals surface area contributed by atoms with E-state index in [4.69, 9.17) is 0 Å². The minimum absolute atomic E-state index is 1.13. The number of para-hydroxylation sites is 1. The van der Waals surface area contributed by atoms with Gasteiger partial charge < -0.3 is 4.90 Å². The average Bonchev–Trinajstić information content (AvgIpc) is 3.06. The second kappa shape index (κ2) is 11.0. The molecular weight excluding hydrogens is 494 g/mol. The molecule has 7 aromatic rings. The van der Waals surface area contributed by atoms with Crippen LogP contribution in [0.2, 0.25) is 0 Å². The molecule has 1 heteroatoms. The summed E-state index contributed by atoms with van der Waals surface area (Å²) in [6.07, 6.45) is 0. The SMILES string of the molecule is c1ccc(-c2ccc(-c3ccc(N(c4ccccc4)c4cccc5ccccc45)cc3)cc2-c2ccccc2)cc1. The van der Waals surface area contributed by atoms with Crippen molar-refractivity contribution in [3.05, 3.63) is 176 Å². The van der Waals surface area contributed by atoms with E-state index in [-0.39, 0.29) is 0 Å². The smallest absolute Gasteiger partial charge is 0.0540 e. The Bertz CT molecular complexity index is 1900. The summed E-state index contributed by atoms with van der Waals surface area (Å²) in [5, 5.41) is 2.46. The van der Waals surface area contributed by atoms with Crippen molar-refractivity contribution in [2.75, 3.05) is 4.90 Å². The fourth-order valence-electron chi connectivity index (χ4n) is 5.66. The van der Waals surface area contributed by atoms with E-state index >= 15 is 0 Å². The number of nitrogens with zero attached hydrogens (tertiary/aromatic N) is 1. The summed E-state index contributed by atoms with van der Waals surface area (Å²) in [6, 6.07) is 62.8. The fourth-order valence-corrected chi connectivity index (χ4v) is 5.66. The molecule has 0 aliphatic carbocycles. The van der Waals surface area contributed by atoms with Crippen LogP contribution < -0.4 is 4.90 Å². The van der Waals surface area contributed by atoms with E-state index in [1.54, 1.807) is 0 Å². The molecule has 0 amide bonds. The summed E-state index contributed by atoms with van der Waals surface area (Å²) in [5.74, 6) is 0. The van der Waals surface area contributed by atoms with Crippen LogP contribution >= 0.6 is 0 Å². The van der Waals surface area contributed by atoms with Gasteiger partial charge in [-0.2, -0.15) is 0 Å². The number of hydrogen-bond acceptors (Lipinski definition) is 1. The molecule has 194 valence electrons. The number of fused-ring (bicyclic) bond motifs is 1. The molecule has 0 aliphatic rings. The number of rotatable bonds is 6. The zero-order valence-electron chi connectivity index (χ0n) is 22.7. The van der Waals surface area contributed by atoms with Gasteiger partial charge in [0.25, 0.3) is 0 Å². The van der Waals surface area contributed by atoms with E-state index in [9.17, 15) is 0 Å². The number of anilines is 3. The lowest BCUT2D eigenvalue weighted by Gasteiger charge is -2.27. The fraction of sp³-hybridized carbons (Fsp3) is 0. The molecule has 7 aromatic carbocycles. The van der Waals surface area contributed by atoms with Crippen molar-refractivity contribution in [2.24, 2.45) is 0 Å². The Morgan fingerprint density at radius 1 is 0.317 bits per heavy atom. The maximum atomic E-state index is 2.35. The lowest BCUT2D eigenvalue weighted by molar-refractivity contribution is 1.30. The third-order valence-corrected chi connectivity index (χ3v) is 7.67. The van der Waals surface area contributed by atoms with Crippen LogP contribution in [0.4, 0.5) is 17.1 Å². The van der Waals surface area contributed by atoms with Crippen LogP contribution in [0.3, 0.4) is 0 Å². The highest BCUT2D eigenvalue weighted by molar-refractivity contribution is 5.99. The van der Waals surface area contributed by atoms with Crippen LogP contribution in [-0.2, 0) is 0 Å². The van der Waals surface area contributed by atoms with Gasteiger partial charge in [-0.25, -0.2) is 0 Å². The van der Waals surface area contributed by atoms with Crippen molar-refractivity contribution in [3.63, 3.8) is 0 Å². The molecule has 0 aliphatic heterocycles. The predicted molar refractivity (Wildman–Crippen MR) is 175 cm³/mol. The molecule has 0 unspecified atom stereocenters. The largest absolute Gasteiger partial charge is 0.310 e. The van der Waals surface area contributed by atoms with Crippen LogP contribution in [-0.4, -0.2) is 0 Å². The summed E-state index contributed by atoms with van der Waals surface area (Å²) in [5.41, 5.74) is 10.7. The first kappa shape index (κ1) is 24.6. The molecule has 0 spiro atoms. The van der Waals surface area contributed by atoms with Gasteiger partial charge in [-0.3, -0.25) is 0 Å². The zero-order chi connectivity index (χ0) is 27.4. The van der Waals surface area contributed by atoms with Gasteiger partial charge in [0.05, 0.1) is 5.69 Å². The first-order valence-electron chi connectivity index (χ1n) is 14.0. The van der Waals surface area contributed by atoms with Crippen molar-refractivity contribution in [1.82, 2.24) is 0 Å². The second-order valence-electron chi connectivity index (χ2n) is 10.2. The molecule has 0 atom stereocenters. The predicted octanol–water partition coefficient (Wildman–Crippen LogP) is 11.3. The highest BCUT2D eigenvalue weighted by Crippen LogP contribution is 2.40. The average molecular weight is 524 g/mol. The Kier molecular flexibility index (Phi) is 6.61. The van der Waals surface area contributed by atoms with Crippen LogP contribution in [0.25, 0.3) is 44.2 Å². The van der Waals surface area contributed by atoms with Gasteiger partial charge in [0.15, 0.2) is 0 Å². The molecule has 41 heavy (non-hydrogen) atoms. The monoisotopic (exact) mass is 523 g/mol. The van der Waals surface area contributed by atoms with Crippen molar-refractivity contribution in [3.8, 4) is 33.4 Å². The molecule has 0 bridgehead atoms. The maximum Gasteiger partial charge on any atom is 0.0540 e. The minimum Gasteiger partial charge on any atom is -0.310 e. The van der Waals surface area contributed by atoms with Crippen molar-refractivity contribution in [1.29, 1.82) is 0 Å². The van der Waals surface area contributed by atoms with Crippen LogP contribution in [0.5, 0.6) is 0 Å². The van der Waals surface area contributed by atoms with Gasteiger partial charge in [0.1, 0.15) is 0 Å². The van der Waals surface area contributed by atoms with E-state index in [0.29, 0.717) is 0 Å². The second-order valence-corrected chi connectivity index (χ2v) is 10.2. The molecular formula is C40H29N. The Hall–Kier alpha value is -5.40. The summed E-state index contributed by atoms with van der Waals surface area (Å²) >= 11 is 0. The molecule has 1 nitrogen and oxygen atoms in total. The van der Waals surface area contributed by atoms with Gasteiger partial charge in [0, 0.05) is 16.8 Å². The molecule has 0 radical (unpaired) electrons. The van der Waals surface area contributed by atoms with Crippen LogP contribution in [0.1, 0.15) is 0 Å². The summed E-state index contributed by atoms with van der Waals surface area (Å²) in [4.78, 5) is 2.35. The quantitative estimate of drug-likeness (QED) is 0.209. The Labute approximate surface area is 241 Å². The van der Waals surface area contributed by atoms with E-state index in [0.717, 1.165) is 11.4 Å². The molecule has 7 rings (SSSR count). The van der Waals surface area contributed by atoms with Gasteiger partial charge >= 0.3 is 0 Å². The topological polar surface area (TPSA) is 3.24 Å². The van der Waals surface area contributed by atoms with Crippen molar-refractivity contribution in [2.45, 2.75) is 0 Å². The Balaban J connectivity index is 1.32. The normalized spacial score (nSPS) is 10.9. The molecule has 0 aromatic heterocycles. The van der Waals surface area contributed by atoms with E-state index < -0.39 is 0 Å². The molecule has 0 saturated carbocycles.